The lowest BCUT2D eigenvalue weighted by molar-refractivity contribution is -0.137. The molecule has 0 bridgehead atoms. The SMILES string of the molecule is CO[C@H]1CNC[C@@H]1NC(=O)Nc1ccc(Cl)c(C(F)(F)F)c1. The fourth-order valence-corrected chi connectivity index (χ4v) is 2.43. The third kappa shape index (κ3) is 4.02. The first-order chi connectivity index (χ1) is 10.3. The molecule has 0 unspecified atom stereocenters. The van der Waals surface area contributed by atoms with Crippen LogP contribution in [0.15, 0.2) is 18.2 Å². The second kappa shape index (κ2) is 6.72. The molecule has 1 aliphatic heterocycles. The number of amides is 2. The second-order valence-corrected chi connectivity index (χ2v) is 5.24. The highest BCUT2D eigenvalue weighted by molar-refractivity contribution is 6.31. The molecule has 0 aromatic heterocycles. The molecule has 2 rings (SSSR count). The Balaban J connectivity index is 2.03. The van der Waals surface area contributed by atoms with Gasteiger partial charge in [0.25, 0.3) is 0 Å². The van der Waals surface area contributed by atoms with Crippen LogP contribution in [0, 0.1) is 0 Å². The van der Waals surface area contributed by atoms with Crippen LogP contribution in [0.25, 0.3) is 0 Å². The molecule has 1 saturated heterocycles. The number of nitrogens with one attached hydrogen (secondary N) is 3. The maximum absolute atomic E-state index is 12.8. The van der Waals surface area contributed by atoms with Gasteiger partial charge >= 0.3 is 12.2 Å². The molecule has 1 aromatic carbocycles. The normalized spacial score (nSPS) is 21.7. The lowest BCUT2D eigenvalue weighted by Gasteiger charge is -2.19. The van der Waals surface area contributed by atoms with Crippen LogP contribution < -0.4 is 16.0 Å². The summed E-state index contributed by atoms with van der Waals surface area (Å²) in [6, 6.07) is 2.33. The van der Waals surface area contributed by atoms with E-state index in [-0.39, 0.29) is 17.8 Å². The topological polar surface area (TPSA) is 62.4 Å². The smallest absolute Gasteiger partial charge is 0.378 e. The summed E-state index contributed by atoms with van der Waals surface area (Å²) in [7, 11) is 1.53. The number of carbonyl (C=O) groups is 1. The van der Waals surface area contributed by atoms with Gasteiger partial charge in [-0.3, -0.25) is 0 Å². The quantitative estimate of drug-likeness (QED) is 0.794. The molecule has 1 aromatic rings. The molecule has 1 heterocycles. The van der Waals surface area contributed by atoms with Crippen molar-refractivity contribution in [1.29, 1.82) is 0 Å². The van der Waals surface area contributed by atoms with E-state index in [0.29, 0.717) is 13.1 Å². The average molecular weight is 338 g/mol. The van der Waals surface area contributed by atoms with E-state index in [4.69, 9.17) is 16.3 Å². The molecule has 0 saturated carbocycles. The highest BCUT2D eigenvalue weighted by Gasteiger charge is 2.33. The Labute approximate surface area is 130 Å². The van der Waals surface area contributed by atoms with Crippen LogP contribution in [0.3, 0.4) is 0 Å². The number of carbonyl (C=O) groups excluding carboxylic acids is 1. The van der Waals surface area contributed by atoms with Gasteiger partial charge in [0.15, 0.2) is 0 Å². The van der Waals surface area contributed by atoms with Gasteiger partial charge in [-0.15, -0.1) is 0 Å². The lowest BCUT2D eigenvalue weighted by atomic mass is 10.2. The highest BCUT2D eigenvalue weighted by atomic mass is 35.5. The highest BCUT2D eigenvalue weighted by Crippen LogP contribution is 2.36. The number of methoxy groups -OCH3 is 1. The Morgan fingerprint density at radius 3 is 2.77 bits per heavy atom. The van der Waals surface area contributed by atoms with Gasteiger partial charge in [0.1, 0.15) is 0 Å². The number of hydrogen-bond acceptors (Lipinski definition) is 3. The van der Waals surface area contributed by atoms with Crippen LogP contribution >= 0.6 is 11.6 Å². The number of alkyl halides is 3. The van der Waals surface area contributed by atoms with Gasteiger partial charge in [-0.1, -0.05) is 11.6 Å². The maximum atomic E-state index is 12.8. The Bertz CT molecular complexity index is 554. The van der Waals surface area contributed by atoms with Crippen molar-refractivity contribution in [2.75, 3.05) is 25.5 Å². The third-order valence-electron chi connectivity index (χ3n) is 3.31. The van der Waals surface area contributed by atoms with Crippen molar-refractivity contribution in [3.63, 3.8) is 0 Å². The molecule has 5 nitrogen and oxygen atoms in total. The Morgan fingerprint density at radius 2 is 2.14 bits per heavy atom. The van der Waals surface area contributed by atoms with E-state index in [0.717, 1.165) is 12.1 Å². The second-order valence-electron chi connectivity index (χ2n) is 4.83. The minimum absolute atomic E-state index is 0.00847. The first-order valence-electron chi connectivity index (χ1n) is 6.49. The van der Waals surface area contributed by atoms with E-state index in [1.807, 2.05) is 0 Å². The maximum Gasteiger partial charge on any atom is 0.417 e. The number of urea groups is 1. The molecule has 0 radical (unpaired) electrons. The van der Waals surface area contributed by atoms with E-state index in [1.54, 1.807) is 0 Å². The van der Waals surface area contributed by atoms with E-state index >= 15 is 0 Å². The van der Waals surface area contributed by atoms with Crippen molar-refractivity contribution in [3.8, 4) is 0 Å². The molecular formula is C13H15ClF3N3O2. The molecule has 22 heavy (non-hydrogen) atoms. The molecule has 1 aliphatic rings. The Morgan fingerprint density at radius 1 is 1.41 bits per heavy atom. The number of hydrogen-bond donors (Lipinski definition) is 3. The van der Waals surface area contributed by atoms with Crippen LogP contribution in [0.1, 0.15) is 5.56 Å². The first-order valence-corrected chi connectivity index (χ1v) is 6.87. The zero-order valence-corrected chi connectivity index (χ0v) is 12.4. The predicted molar refractivity (Wildman–Crippen MR) is 76.1 cm³/mol. The van der Waals surface area contributed by atoms with E-state index in [1.165, 1.54) is 13.2 Å². The molecular weight excluding hydrogens is 323 g/mol. The fraction of sp³-hybridized carbons (Fsp3) is 0.462. The van der Waals surface area contributed by atoms with Crippen LogP contribution in [0.2, 0.25) is 5.02 Å². The minimum atomic E-state index is -4.58. The zero-order chi connectivity index (χ0) is 16.3. The van der Waals surface area contributed by atoms with Gasteiger partial charge in [0, 0.05) is 25.9 Å². The minimum Gasteiger partial charge on any atom is -0.378 e. The Hall–Kier alpha value is -1.51. The van der Waals surface area contributed by atoms with Crippen molar-refractivity contribution in [1.82, 2.24) is 10.6 Å². The summed E-state index contributed by atoms with van der Waals surface area (Å²) < 4.78 is 43.4. The van der Waals surface area contributed by atoms with Crippen molar-refractivity contribution >= 4 is 23.3 Å². The number of rotatable bonds is 3. The molecule has 2 amide bonds. The summed E-state index contributed by atoms with van der Waals surface area (Å²) in [5.41, 5.74) is -0.988. The van der Waals surface area contributed by atoms with Gasteiger partial charge < -0.3 is 20.7 Å². The van der Waals surface area contributed by atoms with Gasteiger partial charge in [0.2, 0.25) is 0 Å². The summed E-state index contributed by atoms with van der Waals surface area (Å²) in [4.78, 5) is 11.9. The third-order valence-corrected chi connectivity index (χ3v) is 3.64. The Kier molecular flexibility index (Phi) is 5.15. The van der Waals surface area contributed by atoms with E-state index in [2.05, 4.69) is 16.0 Å². The van der Waals surface area contributed by atoms with E-state index in [9.17, 15) is 18.0 Å². The van der Waals surface area contributed by atoms with Crippen LogP contribution in [0.5, 0.6) is 0 Å². The number of halogens is 4. The lowest BCUT2D eigenvalue weighted by Crippen LogP contribution is -2.45. The van der Waals surface area contributed by atoms with Gasteiger partial charge in [-0.25, -0.2) is 4.79 Å². The van der Waals surface area contributed by atoms with Crippen molar-refractivity contribution in [2.45, 2.75) is 18.3 Å². The van der Waals surface area contributed by atoms with Crippen LogP contribution in [0.4, 0.5) is 23.7 Å². The standard InChI is InChI=1S/C13H15ClF3N3O2/c1-22-11-6-18-5-10(11)20-12(21)19-7-2-3-9(14)8(4-7)13(15,16)17/h2-4,10-11,18H,5-6H2,1H3,(H2,19,20,21)/t10-,11-/m0/s1. The summed E-state index contributed by atoms with van der Waals surface area (Å²) in [5.74, 6) is 0. The molecule has 122 valence electrons. The van der Waals surface area contributed by atoms with Crippen molar-refractivity contribution < 1.29 is 22.7 Å². The molecule has 2 atom stereocenters. The molecule has 0 aliphatic carbocycles. The number of ether oxygens (including phenoxy) is 1. The van der Waals surface area contributed by atoms with Crippen molar-refractivity contribution in [3.05, 3.63) is 28.8 Å². The zero-order valence-electron chi connectivity index (χ0n) is 11.6. The predicted octanol–water partition coefficient (Wildman–Crippen LogP) is 2.47. The average Bonchev–Trinajstić information content (AvgIpc) is 2.86. The summed E-state index contributed by atoms with van der Waals surface area (Å²) in [5, 5.41) is 7.64. The largest absolute Gasteiger partial charge is 0.417 e. The molecule has 9 heteroatoms. The first kappa shape index (κ1) is 16.9. The van der Waals surface area contributed by atoms with Crippen LogP contribution in [-0.2, 0) is 10.9 Å². The monoisotopic (exact) mass is 337 g/mol. The summed E-state index contributed by atoms with van der Waals surface area (Å²) >= 11 is 5.52. The summed E-state index contributed by atoms with van der Waals surface area (Å²) in [6.07, 6.45) is -4.76. The number of benzene rings is 1. The molecule has 1 fully saturated rings. The molecule has 3 N–H and O–H groups in total. The fourth-order valence-electron chi connectivity index (χ4n) is 2.20. The summed E-state index contributed by atoms with van der Waals surface area (Å²) in [6.45, 7) is 1.13. The van der Waals surface area contributed by atoms with Crippen molar-refractivity contribution in [2.24, 2.45) is 0 Å². The number of anilines is 1. The van der Waals surface area contributed by atoms with Gasteiger partial charge in [0.05, 0.1) is 22.7 Å². The van der Waals surface area contributed by atoms with Crippen LogP contribution in [-0.4, -0.2) is 38.4 Å². The van der Waals surface area contributed by atoms with E-state index < -0.39 is 22.8 Å². The van der Waals surface area contributed by atoms with Gasteiger partial charge in [-0.2, -0.15) is 13.2 Å². The van der Waals surface area contributed by atoms with Gasteiger partial charge in [-0.05, 0) is 18.2 Å². The molecule has 0 spiro atoms.